The van der Waals surface area contributed by atoms with Gasteiger partial charge in [0.05, 0.1) is 10.3 Å². The van der Waals surface area contributed by atoms with Crippen LogP contribution in [0.4, 0.5) is 11.4 Å². The lowest BCUT2D eigenvalue weighted by molar-refractivity contribution is -0.386. The molecule has 0 aromatic heterocycles. The molecule has 0 unspecified atom stereocenters. The zero-order chi connectivity index (χ0) is 18.0. The number of para-hydroxylation sites is 1. The van der Waals surface area contributed by atoms with E-state index in [9.17, 15) is 10.1 Å². The van der Waals surface area contributed by atoms with Crippen LogP contribution in [0.1, 0.15) is 25.0 Å². The zero-order valence-corrected chi connectivity index (χ0v) is 15.7. The van der Waals surface area contributed by atoms with Crippen molar-refractivity contribution < 1.29 is 9.66 Å². The molecule has 5 nitrogen and oxygen atoms in total. The lowest BCUT2D eigenvalue weighted by Crippen LogP contribution is -2.58. The second kappa shape index (κ2) is 5.08. The van der Waals surface area contributed by atoms with E-state index in [2.05, 4.69) is 46.8 Å². The standard InChI is InChI=1S/C19H17BrN2O3/c1-18(2)14-6-4-5-7-15(14)21(3)19(18)9-8-12-10-13(20)11-16(22(23)24)17(12)25-19/h4-11H,1-3H3/t19-/m0/s1. The van der Waals surface area contributed by atoms with Crippen LogP contribution < -0.4 is 9.64 Å². The number of benzene rings is 2. The summed E-state index contributed by atoms with van der Waals surface area (Å²) in [6.07, 6.45) is 3.92. The number of hydrogen-bond donors (Lipinski definition) is 0. The quantitative estimate of drug-likeness (QED) is 0.505. The first-order chi connectivity index (χ1) is 11.8. The second-order valence-corrected chi connectivity index (χ2v) is 7.85. The van der Waals surface area contributed by atoms with E-state index in [-0.39, 0.29) is 11.1 Å². The molecule has 4 rings (SSSR count). The van der Waals surface area contributed by atoms with Crippen molar-refractivity contribution in [3.63, 3.8) is 0 Å². The molecule has 0 bridgehead atoms. The molecule has 2 heterocycles. The van der Waals surface area contributed by atoms with Crippen molar-refractivity contribution in [2.75, 3.05) is 11.9 Å². The van der Waals surface area contributed by atoms with Crippen LogP contribution in [0.3, 0.4) is 0 Å². The van der Waals surface area contributed by atoms with Crippen molar-refractivity contribution in [2.45, 2.75) is 25.0 Å². The molecule has 2 aromatic rings. The summed E-state index contributed by atoms with van der Waals surface area (Å²) in [5.74, 6) is 0.309. The summed E-state index contributed by atoms with van der Waals surface area (Å²) in [5.41, 5.74) is 1.70. The van der Waals surface area contributed by atoms with Gasteiger partial charge >= 0.3 is 5.69 Å². The minimum absolute atomic E-state index is 0.0340. The smallest absolute Gasteiger partial charge is 0.312 e. The van der Waals surface area contributed by atoms with Crippen LogP contribution in [0.5, 0.6) is 5.75 Å². The van der Waals surface area contributed by atoms with Gasteiger partial charge in [-0.1, -0.05) is 34.1 Å². The Hall–Kier alpha value is -2.34. The van der Waals surface area contributed by atoms with Crippen LogP contribution in [0.25, 0.3) is 6.08 Å². The zero-order valence-electron chi connectivity index (χ0n) is 14.1. The van der Waals surface area contributed by atoms with Crippen molar-refractivity contribution in [1.82, 2.24) is 0 Å². The van der Waals surface area contributed by atoms with Gasteiger partial charge in [0.1, 0.15) is 0 Å². The molecule has 0 radical (unpaired) electrons. The first-order valence-electron chi connectivity index (χ1n) is 7.97. The Morgan fingerprint density at radius 2 is 1.96 bits per heavy atom. The van der Waals surface area contributed by atoms with Crippen molar-refractivity contribution >= 4 is 33.4 Å². The third kappa shape index (κ3) is 2.00. The van der Waals surface area contributed by atoms with Gasteiger partial charge in [-0.05, 0) is 43.7 Å². The molecular formula is C19H17BrN2O3. The summed E-state index contributed by atoms with van der Waals surface area (Å²) < 4.78 is 7.07. The van der Waals surface area contributed by atoms with Crippen LogP contribution in [0.15, 0.2) is 46.9 Å². The molecule has 2 aromatic carbocycles. The topological polar surface area (TPSA) is 55.6 Å². The highest BCUT2D eigenvalue weighted by Gasteiger charge is 2.58. The van der Waals surface area contributed by atoms with Gasteiger partial charge in [-0.3, -0.25) is 10.1 Å². The fourth-order valence-electron chi connectivity index (χ4n) is 3.96. The highest BCUT2D eigenvalue weighted by Crippen LogP contribution is 2.55. The number of likely N-dealkylation sites (N-methyl/N-ethyl adjacent to an activating group) is 1. The van der Waals surface area contributed by atoms with E-state index in [4.69, 9.17) is 4.74 Å². The molecule has 0 saturated carbocycles. The number of hydrogen-bond acceptors (Lipinski definition) is 4. The van der Waals surface area contributed by atoms with Crippen LogP contribution >= 0.6 is 15.9 Å². The number of nitrogens with zero attached hydrogens (tertiary/aromatic N) is 2. The Morgan fingerprint density at radius 1 is 1.24 bits per heavy atom. The number of ether oxygens (including phenoxy) is 1. The summed E-state index contributed by atoms with van der Waals surface area (Å²) in [7, 11) is 1.97. The van der Waals surface area contributed by atoms with Crippen LogP contribution in [0, 0.1) is 10.1 Å². The average molecular weight is 401 g/mol. The summed E-state index contributed by atoms with van der Waals surface area (Å²) in [6.45, 7) is 4.21. The Morgan fingerprint density at radius 3 is 2.64 bits per heavy atom. The minimum Gasteiger partial charge on any atom is -0.456 e. The third-order valence-corrected chi connectivity index (χ3v) is 5.80. The fourth-order valence-corrected chi connectivity index (χ4v) is 4.43. The van der Waals surface area contributed by atoms with Gasteiger partial charge in [-0.25, -0.2) is 0 Å². The van der Waals surface area contributed by atoms with Gasteiger partial charge in [0.25, 0.3) is 0 Å². The first kappa shape index (κ1) is 16.1. The van der Waals surface area contributed by atoms with Gasteiger partial charge in [-0.2, -0.15) is 0 Å². The summed E-state index contributed by atoms with van der Waals surface area (Å²) in [4.78, 5) is 13.2. The van der Waals surface area contributed by atoms with Crippen LogP contribution in [-0.2, 0) is 5.41 Å². The maximum absolute atomic E-state index is 11.6. The monoisotopic (exact) mass is 400 g/mol. The lowest BCUT2D eigenvalue weighted by Gasteiger charge is -2.45. The summed E-state index contributed by atoms with van der Waals surface area (Å²) >= 11 is 3.34. The number of rotatable bonds is 1. The molecular weight excluding hydrogens is 384 g/mol. The van der Waals surface area contributed by atoms with Gasteiger partial charge in [0, 0.05) is 28.8 Å². The molecule has 128 valence electrons. The van der Waals surface area contributed by atoms with E-state index in [1.165, 1.54) is 6.07 Å². The predicted molar refractivity (Wildman–Crippen MR) is 101 cm³/mol. The number of nitro benzene ring substituents is 1. The normalized spacial score (nSPS) is 22.5. The minimum atomic E-state index is -0.817. The van der Waals surface area contributed by atoms with Crippen LogP contribution in [0.2, 0.25) is 0 Å². The van der Waals surface area contributed by atoms with Gasteiger partial charge in [0.15, 0.2) is 0 Å². The molecule has 0 fully saturated rings. The molecule has 0 amide bonds. The Labute approximate surface area is 154 Å². The highest BCUT2D eigenvalue weighted by molar-refractivity contribution is 9.10. The van der Waals surface area contributed by atoms with Crippen molar-refractivity contribution in [1.29, 1.82) is 0 Å². The number of fused-ring (bicyclic) bond motifs is 2. The van der Waals surface area contributed by atoms with Crippen molar-refractivity contribution in [2.24, 2.45) is 0 Å². The van der Waals surface area contributed by atoms with E-state index in [1.54, 1.807) is 0 Å². The SMILES string of the molecule is CN1c2ccccc2C(C)(C)[C@@]12C=Cc1cc(Br)cc([N+](=O)[O-])c1O2. The lowest BCUT2D eigenvalue weighted by atomic mass is 9.76. The molecule has 2 aliphatic rings. The largest absolute Gasteiger partial charge is 0.456 e. The summed E-state index contributed by atoms with van der Waals surface area (Å²) in [5, 5.41) is 11.6. The first-order valence-corrected chi connectivity index (χ1v) is 8.77. The van der Waals surface area contributed by atoms with Gasteiger partial charge < -0.3 is 9.64 Å². The Kier molecular flexibility index (Phi) is 3.28. The van der Waals surface area contributed by atoms with Crippen molar-refractivity contribution in [3.05, 3.63) is 68.2 Å². The maximum atomic E-state index is 11.6. The molecule has 1 spiro atoms. The molecule has 1 atom stereocenters. The van der Waals surface area contributed by atoms with E-state index in [0.29, 0.717) is 15.8 Å². The number of nitro groups is 1. The average Bonchev–Trinajstić information content (AvgIpc) is 2.74. The third-order valence-electron chi connectivity index (χ3n) is 5.34. The molecule has 0 aliphatic carbocycles. The molecule has 6 heteroatoms. The Balaban J connectivity index is 1.93. The van der Waals surface area contributed by atoms with E-state index >= 15 is 0 Å². The molecule has 2 aliphatic heterocycles. The molecule has 25 heavy (non-hydrogen) atoms. The van der Waals surface area contributed by atoms with Gasteiger partial charge in [-0.15, -0.1) is 0 Å². The predicted octanol–water partition coefficient (Wildman–Crippen LogP) is 4.89. The van der Waals surface area contributed by atoms with Gasteiger partial charge in [0.2, 0.25) is 11.5 Å². The second-order valence-electron chi connectivity index (χ2n) is 6.93. The molecule has 0 saturated heterocycles. The van der Waals surface area contributed by atoms with Crippen molar-refractivity contribution in [3.8, 4) is 5.75 Å². The van der Waals surface area contributed by atoms with E-state index in [0.717, 1.165) is 11.3 Å². The highest BCUT2D eigenvalue weighted by atomic mass is 79.9. The maximum Gasteiger partial charge on any atom is 0.312 e. The number of halogens is 1. The Bertz CT molecular complexity index is 938. The number of anilines is 1. The van der Waals surface area contributed by atoms with E-state index < -0.39 is 10.6 Å². The summed E-state index contributed by atoms with van der Waals surface area (Å²) in [6, 6.07) is 11.5. The van der Waals surface area contributed by atoms with E-state index in [1.807, 2.05) is 37.4 Å². The van der Waals surface area contributed by atoms with Crippen LogP contribution in [-0.4, -0.2) is 17.7 Å². The molecule has 0 N–H and O–H groups in total. The fraction of sp³-hybridized carbons (Fsp3) is 0.263.